The molecule has 0 aliphatic carbocycles. The summed E-state index contributed by atoms with van der Waals surface area (Å²) in [4.78, 5) is 11.2. The largest absolute Gasteiger partial charge is 0.492 e. The van der Waals surface area contributed by atoms with Crippen LogP contribution in [-0.2, 0) is 0 Å². The van der Waals surface area contributed by atoms with Gasteiger partial charge in [-0.3, -0.25) is 14.7 Å². The lowest BCUT2D eigenvalue weighted by atomic mass is 10.1. The molecule has 0 N–H and O–H groups in total. The van der Waals surface area contributed by atoms with Crippen molar-refractivity contribution in [2.24, 2.45) is 0 Å². The fourth-order valence-corrected chi connectivity index (χ4v) is 4.97. The molecule has 31 heavy (non-hydrogen) atoms. The number of aromatic nitrogens is 3. The number of rotatable bonds is 9. The van der Waals surface area contributed by atoms with Gasteiger partial charge in [0.15, 0.2) is 16.7 Å². The van der Waals surface area contributed by atoms with Crippen LogP contribution in [0.1, 0.15) is 29.1 Å². The van der Waals surface area contributed by atoms with Crippen LogP contribution in [0.2, 0.25) is 0 Å². The van der Waals surface area contributed by atoms with Crippen LogP contribution in [0.4, 0.5) is 0 Å². The second kappa shape index (κ2) is 10.1. The Morgan fingerprint density at radius 3 is 2.68 bits per heavy atom. The van der Waals surface area contributed by atoms with Gasteiger partial charge in [-0.25, -0.2) is 0 Å². The molecule has 2 aromatic carbocycles. The Morgan fingerprint density at radius 2 is 2.03 bits per heavy atom. The average molecular weight is 507 g/mol. The van der Waals surface area contributed by atoms with Crippen molar-refractivity contribution in [1.82, 2.24) is 14.8 Å². The Bertz CT molecular complexity index is 1090. The molecule has 1 aromatic heterocycles. The smallest absolute Gasteiger partial charge is 0.220 e. The van der Waals surface area contributed by atoms with Crippen molar-refractivity contribution in [2.75, 3.05) is 20.3 Å². The third-order valence-electron chi connectivity index (χ3n) is 4.53. The first-order chi connectivity index (χ1) is 14.8. The van der Waals surface area contributed by atoms with Crippen LogP contribution in [0, 0.1) is 24.0 Å². The number of halogens is 1. The standard InChI is InChI=1S/C21H23BrN4O4S/c1-5-30-18-11-15(10-17(22)20(18)29-4)19(12-25(27)28)31-21-24-23-14(3)26(21)16-8-6-7-13(2)9-16/h6-11,19H,5,12H2,1-4H3/t19-/m0/s1. The van der Waals surface area contributed by atoms with E-state index in [0.717, 1.165) is 16.8 Å². The van der Waals surface area contributed by atoms with Crippen LogP contribution in [0.5, 0.6) is 11.5 Å². The number of aryl methyl sites for hydroxylation is 2. The summed E-state index contributed by atoms with van der Waals surface area (Å²) in [5.41, 5.74) is 2.74. The maximum absolute atomic E-state index is 11.5. The summed E-state index contributed by atoms with van der Waals surface area (Å²) in [7, 11) is 1.55. The molecule has 0 bridgehead atoms. The van der Waals surface area contributed by atoms with Gasteiger partial charge in [-0.1, -0.05) is 23.9 Å². The van der Waals surface area contributed by atoms with Crippen LogP contribution < -0.4 is 9.47 Å². The highest BCUT2D eigenvalue weighted by Crippen LogP contribution is 2.43. The monoisotopic (exact) mass is 506 g/mol. The average Bonchev–Trinajstić information content (AvgIpc) is 3.07. The maximum atomic E-state index is 11.5. The van der Waals surface area contributed by atoms with Crippen molar-refractivity contribution in [3.8, 4) is 17.2 Å². The van der Waals surface area contributed by atoms with Crippen molar-refractivity contribution in [3.05, 3.63) is 67.9 Å². The molecule has 1 heterocycles. The summed E-state index contributed by atoms with van der Waals surface area (Å²) >= 11 is 4.79. The molecule has 8 nitrogen and oxygen atoms in total. The van der Waals surface area contributed by atoms with Gasteiger partial charge in [0.05, 0.1) is 18.2 Å². The predicted molar refractivity (Wildman–Crippen MR) is 123 cm³/mol. The minimum Gasteiger partial charge on any atom is -0.492 e. The summed E-state index contributed by atoms with van der Waals surface area (Å²) < 4.78 is 13.7. The molecule has 1 atom stereocenters. The zero-order valence-electron chi connectivity index (χ0n) is 17.7. The third-order valence-corrected chi connectivity index (χ3v) is 6.30. The maximum Gasteiger partial charge on any atom is 0.220 e. The Kier molecular flexibility index (Phi) is 7.55. The first kappa shape index (κ1) is 23.1. The Hall–Kier alpha value is -2.59. The number of nitrogens with zero attached hydrogens (tertiary/aromatic N) is 4. The van der Waals surface area contributed by atoms with Crippen molar-refractivity contribution >= 4 is 27.7 Å². The van der Waals surface area contributed by atoms with E-state index in [1.54, 1.807) is 13.2 Å². The van der Waals surface area contributed by atoms with E-state index in [1.807, 2.05) is 55.7 Å². The topological polar surface area (TPSA) is 92.3 Å². The summed E-state index contributed by atoms with van der Waals surface area (Å²) in [5.74, 6) is 1.78. The SMILES string of the molecule is CCOc1cc([C@H](C[N+](=O)[O-])Sc2nnc(C)n2-c2cccc(C)c2)cc(Br)c1OC. The van der Waals surface area contributed by atoms with Gasteiger partial charge in [0.2, 0.25) is 6.54 Å². The molecule has 0 radical (unpaired) electrons. The zero-order chi connectivity index (χ0) is 22.5. The van der Waals surface area contributed by atoms with Crippen LogP contribution in [0.25, 0.3) is 5.69 Å². The van der Waals surface area contributed by atoms with Crippen LogP contribution >= 0.6 is 27.7 Å². The van der Waals surface area contributed by atoms with E-state index in [0.29, 0.717) is 33.6 Å². The van der Waals surface area contributed by atoms with Crippen molar-refractivity contribution < 1.29 is 14.4 Å². The second-order valence-corrected chi connectivity index (χ2v) is 8.82. The zero-order valence-corrected chi connectivity index (χ0v) is 20.1. The predicted octanol–water partition coefficient (Wildman–Crippen LogP) is 5.16. The van der Waals surface area contributed by atoms with Crippen molar-refractivity contribution in [3.63, 3.8) is 0 Å². The first-order valence-electron chi connectivity index (χ1n) is 9.61. The number of ether oxygens (including phenoxy) is 2. The van der Waals surface area contributed by atoms with E-state index in [4.69, 9.17) is 9.47 Å². The van der Waals surface area contributed by atoms with E-state index < -0.39 is 5.25 Å². The molecule has 0 aliphatic rings. The normalized spacial score (nSPS) is 11.9. The van der Waals surface area contributed by atoms with E-state index in [-0.39, 0.29) is 11.5 Å². The number of hydrogen-bond donors (Lipinski definition) is 0. The van der Waals surface area contributed by atoms with Crippen molar-refractivity contribution in [2.45, 2.75) is 31.2 Å². The number of methoxy groups -OCH3 is 1. The summed E-state index contributed by atoms with van der Waals surface area (Å²) in [6, 6.07) is 11.6. The van der Waals surface area contributed by atoms with Gasteiger partial charge in [-0.15, -0.1) is 10.2 Å². The molecular weight excluding hydrogens is 484 g/mol. The Balaban J connectivity index is 2.04. The highest BCUT2D eigenvalue weighted by molar-refractivity contribution is 9.10. The summed E-state index contributed by atoms with van der Waals surface area (Å²) in [6.07, 6.45) is 0. The fourth-order valence-electron chi connectivity index (χ4n) is 3.19. The number of hydrogen-bond acceptors (Lipinski definition) is 7. The van der Waals surface area contributed by atoms with Gasteiger partial charge in [-0.05, 0) is 72.1 Å². The van der Waals surface area contributed by atoms with Gasteiger partial charge in [0, 0.05) is 10.6 Å². The number of thioether (sulfide) groups is 1. The molecule has 0 aliphatic heterocycles. The molecule has 0 fully saturated rings. The molecule has 0 saturated heterocycles. The van der Waals surface area contributed by atoms with Crippen LogP contribution in [0.3, 0.4) is 0 Å². The minimum atomic E-state index is -0.511. The Morgan fingerprint density at radius 1 is 1.26 bits per heavy atom. The van der Waals surface area contributed by atoms with E-state index in [9.17, 15) is 10.1 Å². The molecular formula is C21H23BrN4O4S. The number of benzene rings is 2. The highest BCUT2D eigenvalue weighted by atomic mass is 79.9. The van der Waals surface area contributed by atoms with Crippen molar-refractivity contribution in [1.29, 1.82) is 0 Å². The molecule has 3 rings (SSSR count). The molecule has 3 aromatic rings. The van der Waals surface area contributed by atoms with Crippen LogP contribution in [0.15, 0.2) is 46.0 Å². The van der Waals surface area contributed by atoms with E-state index in [1.165, 1.54) is 11.8 Å². The minimum absolute atomic E-state index is 0.283. The molecule has 0 unspecified atom stereocenters. The fraction of sp³-hybridized carbons (Fsp3) is 0.333. The van der Waals surface area contributed by atoms with Gasteiger partial charge in [0.25, 0.3) is 0 Å². The third kappa shape index (κ3) is 5.37. The van der Waals surface area contributed by atoms with Crippen LogP contribution in [-0.4, -0.2) is 39.9 Å². The quantitative estimate of drug-likeness (QED) is 0.224. The lowest BCUT2D eigenvalue weighted by Gasteiger charge is -2.18. The Labute approximate surface area is 193 Å². The van der Waals surface area contributed by atoms with Gasteiger partial charge >= 0.3 is 0 Å². The van der Waals surface area contributed by atoms with E-state index in [2.05, 4.69) is 26.1 Å². The lowest BCUT2D eigenvalue weighted by molar-refractivity contribution is -0.479. The van der Waals surface area contributed by atoms with Gasteiger partial charge in [-0.2, -0.15) is 0 Å². The molecule has 0 amide bonds. The molecule has 0 saturated carbocycles. The number of nitro groups is 1. The molecule has 164 valence electrons. The molecule has 10 heteroatoms. The van der Waals surface area contributed by atoms with Gasteiger partial charge in [0.1, 0.15) is 11.1 Å². The second-order valence-electron chi connectivity index (χ2n) is 6.79. The summed E-state index contributed by atoms with van der Waals surface area (Å²) in [5, 5.41) is 20.1. The van der Waals surface area contributed by atoms with E-state index >= 15 is 0 Å². The molecule has 0 spiro atoms. The lowest BCUT2D eigenvalue weighted by Crippen LogP contribution is -2.12. The van der Waals surface area contributed by atoms with Gasteiger partial charge < -0.3 is 9.47 Å². The summed E-state index contributed by atoms with van der Waals surface area (Å²) in [6.45, 7) is 5.90. The first-order valence-corrected chi connectivity index (χ1v) is 11.3. The highest BCUT2D eigenvalue weighted by Gasteiger charge is 2.26.